The molecule has 21 heavy (non-hydrogen) atoms. The summed E-state index contributed by atoms with van der Waals surface area (Å²) >= 11 is 0. The molecule has 0 bridgehead atoms. The summed E-state index contributed by atoms with van der Waals surface area (Å²) < 4.78 is 0. The summed E-state index contributed by atoms with van der Waals surface area (Å²) in [5.41, 5.74) is 9.80. The van der Waals surface area contributed by atoms with Crippen molar-refractivity contribution in [3.63, 3.8) is 0 Å². The molecule has 106 valence electrons. The lowest BCUT2D eigenvalue weighted by molar-refractivity contribution is -0.138. The van der Waals surface area contributed by atoms with Gasteiger partial charge in [-0.2, -0.15) is 0 Å². The molecule has 1 unspecified atom stereocenters. The lowest BCUT2D eigenvalue weighted by atomic mass is 10.00. The molecule has 0 aliphatic heterocycles. The van der Waals surface area contributed by atoms with Crippen LogP contribution < -0.4 is 5.73 Å². The average Bonchev–Trinajstić information content (AvgIpc) is 2.91. The number of carboxylic acids is 1. The Hall–Kier alpha value is -2.59. The molecule has 3 rings (SSSR count). The highest BCUT2D eigenvalue weighted by molar-refractivity contribution is 5.96. The number of rotatable bonds is 4. The Labute approximate surface area is 122 Å². The number of aliphatic carboxylic acids is 1. The number of aromatic amines is 1. The summed E-state index contributed by atoms with van der Waals surface area (Å²) in [5, 5.41) is 9.97. The molecule has 3 aromatic rings. The number of benzene rings is 2. The van der Waals surface area contributed by atoms with Crippen LogP contribution in [-0.2, 0) is 11.2 Å². The second-order valence-electron chi connectivity index (χ2n) is 5.06. The van der Waals surface area contributed by atoms with E-state index in [1.165, 1.54) is 0 Å². The predicted octanol–water partition coefficient (Wildman–Crippen LogP) is 2.79. The number of H-pyrrole nitrogens is 1. The van der Waals surface area contributed by atoms with E-state index in [0.717, 1.165) is 27.6 Å². The number of carbonyl (C=O) groups is 1. The normalized spacial score (nSPS) is 12.4. The standard InChI is InChI=1S/C17H16N2O2/c18-15(17(20)21)9-12-10-19-16-13(7-4-8-14(12)16)11-5-2-1-3-6-11/h1-8,10,15,19H,9,18H2,(H,20,21). The van der Waals surface area contributed by atoms with Crippen molar-refractivity contribution in [2.24, 2.45) is 5.73 Å². The number of hydrogen-bond donors (Lipinski definition) is 3. The van der Waals surface area contributed by atoms with E-state index in [-0.39, 0.29) is 0 Å². The van der Waals surface area contributed by atoms with Gasteiger partial charge in [-0.25, -0.2) is 0 Å². The van der Waals surface area contributed by atoms with Gasteiger partial charge in [-0.3, -0.25) is 4.79 Å². The molecule has 0 fully saturated rings. The molecular formula is C17H16N2O2. The van der Waals surface area contributed by atoms with Gasteiger partial charge in [0.25, 0.3) is 0 Å². The van der Waals surface area contributed by atoms with Crippen molar-refractivity contribution in [3.8, 4) is 11.1 Å². The fourth-order valence-corrected chi connectivity index (χ4v) is 2.56. The van der Waals surface area contributed by atoms with E-state index < -0.39 is 12.0 Å². The molecule has 2 aromatic carbocycles. The SMILES string of the molecule is NC(Cc1c[nH]c2c(-c3ccccc3)cccc12)C(=O)O. The summed E-state index contributed by atoms with van der Waals surface area (Å²) in [6, 6.07) is 15.2. The highest BCUT2D eigenvalue weighted by Crippen LogP contribution is 2.29. The molecule has 4 nitrogen and oxygen atoms in total. The fraction of sp³-hybridized carbons (Fsp3) is 0.118. The van der Waals surface area contributed by atoms with Gasteiger partial charge >= 0.3 is 5.97 Å². The number of nitrogens with two attached hydrogens (primary N) is 1. The Morgan fingerprint density at radius 3 is 2.62 bits per heavy atom. The topological polar surface area (TPSA) is 79.1 Å². The van der Waals surface area contributed by atoms with Crippen molar-refractivity contribution in [2.75, 3.05) is 0 Å². The molecule has 1 aromatic heterocycles. The van der Waals surface area contributed by atoms with Crippen LogP contribution in [0.5, 0.6) is 0 Å². The van der Waals surface area contributed by atoms with Gasteiger partial charge in [-0.15, -0.1) is 0 Å². The van der Waals surface area contributed by atoms with Crippen LogP contribution in [0.15, 0.2) is 54.7 Å². The van der Waals surface area contributed by atoms with Crippen LogP contribution in [-0.4, -0.2) is 22.1 Å². The lowest BCUT2D eigenvalue weighted by Crippen LogP contribution is -2.32. The summed E-state index contributed by atoms with van der Waals surface area (Å²) in [6.07, 6.45) is 2.16. The molecule has 1 heterocycles. The molecule has 0 radical (unpaired) electrons. The van der Waals surface area contributed by atoms with Crippen LogP contribution in [0.4, 0.5) is 0 Å². The van der Waals surface area contributed by atoms with E-state index in [9.17, 15) is 4.79 Å². The van der Waals surface area contributed by atoms with Crippen LogP contribution in [0.1, 0.15) is 5.56 Å². The quantitative estimate of drug-likeness (QED) is 0.687. The number of para-hydroxylation sites is 1. The van der Waals surface area contributed by atoms with Crippen molar-refractivity contribution in [1.29, 1.82) is 0 Å². The molecular weight excluding hydrogens is 264 g/mol. The number of fused-ring (bicyclic) bond motifs is 1. The molecule has 0 aliphatic carbocycles. The smallest absolute Gasteiger partial charge is 0.320 e. The molecule has 0 saturated heterocycles. The van der Waals surface area contributed by atoms with Gasteiger partial charge in [0, 0.05) is 23.6 Å². The highest BCUT2D eigenvalue weighted by atomic mass is 16.4. The molecule has 4 heteroatoms. The Kier molecular flexibility index (Phi) is 3.46. The molecule has 4 N–H and O–H groups in total. The van der Waals surface area contributed by atoms with E-state index in [4.69, 9.17) is 10.8 Å². The van der Waals surface area contributed by atoms with E-state index in [1.807, 2.05) is 36.5 Å². The summed E-state index contributed by atoms with van der Waals surface area (Å²) in [6.45, 7) is 0. The van der Waals surface area contributed by atoms with Crippen molar-refractivity contribution in [3.05, 3.63) is 60.3 Å². The first-order chi connectivity index (χ1) is 10.2. The van der Waals surface area contributed by atoms with Gasteiger partial charge in [0.1, 0.15) is 6.04 Å². The first-order valence-electron chi connectivity index (χ1n) is 6.79. The van der Waals surface area contributed by atoms with Gasteiger partial charge in [0.05, 0.1) is 5.52 Å². The Morgan fingerprint density at radius 1 is 1.14 bits per heavy atom. The van der Waals surface area contributed by atoms with Crippen LogP contribution in [0, 0.1) is 0 Å². The Morgan fingerprint density at radius 2 is 1.90 bits per heavy atom. The summed E-state index contributed by atoms with van der Waals surface area (Å²) in [5.74, 6) is -0.983. The maximum atomic E-state index is 10.9. The number of carboxylic acid groups (broad SMARTS) is 1. The molecule has 1 atom stereocenters. The zero-order valence-electron chi connectivity index (χ0n) is 11.4. The Balaban J connectivity index is 2.06. The number of nitrogens with one attached hydrogen (secondary N) is 1. The summed E-state index contributed by atoms with van der Waals surface area (Å²) in [7, 11) is 0. The average molecular weight is 280 g/mol. The number of aromatic nitrogens is 1. The van der Waals surface area contributed by atoms with Crippen LogP contribution in [0.25, 0.3) is 22.0 Å². The maximum absolute atomic E-state index is 10.9. The van der Waals surface area contributed by atoms with Crippen molar-refractivity contribution >= 4 is 16.9 Å². The Bertz CT molecular complexity index is 778. The predicted molar refractivity (Wildman–Crippen MR) is 83.0 cm³/mol. The minimum absolute atomic E-state index is 0.313. The zero-order valence-corrected chi connectivity index (χ0v) is 11.4. The zero-order chi connectivity index (χ0) is 14.8. The van der Waals surface area contributed by atoms with Gasteiger partial charge < -0.3 is 15.8 Å². The second kappa shape index (κ2) is 5.42. The monoisotopic (exact) mass is 280 g/mol. The third kappa shape index (κ3) is 2.53. The van der Waals surface area contributed by atoms with Gasteiger partial charge in [-0.1, -0.05) is 48.5 Å². The first kappa shape index (κ1) is 13.4. The molecule has 0 amide bonds. The fourth-order valence-electron chi connectivity index (χ4n) is 2.56. The third-order valence-electron chi connectivity index (χ3n) is 3.64. The van der Waals surface area contributed by atoms with Gasteiger partial charge in [0.2, 0.25) is 0 Å². The molecule has 0 aliphatic rings. The van der Waals surface area contributed by atoms with E-state index >= 15 is 0 Å². The van der Waals surface area contributed by atoms with Crippen LogP contribution >= 0.6 is 0 Å². The van der Waals surface area contributed by atoms with E-state index in [0.29, 0.717) is 6.42 Å². The first-order valence-corrected chi connectivity index (χ1v) is 6.79. The van der Waals surface area contributed by atoms with E-state index in [2.05, 4.69) is 23.2 Å². The van der Waals surface area contributed by atoms with E-state index in [1.54, 1.807) is 0 Å². The second-order valence-corrected chi connectivity index (χ2v) is 5.06. The minimum Gasteiger partial charge on any atom is -0.480 e. The largest absolute Gasteiger partial charge is 0.480 e. The van der Waals surface area contributed by atoms with Crippen LogP contribution in [0.2, 0.25) is 0 Å². The molecule has 0 spiro atoms. The minimum atomic E-state index is -0.983. The maximum Gasteiger partial charge on any atom is 0.320 e. The molecule has 0 saturated carbocycles. The number of hydrogen-bond acceptors (Lipinski definition) is 2. The van der Waals surface area contributed by atoms with Gasteiger partial charge in [0.15, 0.2) is 0 Å². The third-order valence-corrected chi connectivity index (χ3v) is 3.64. The van der Waals surface area contributed by atoms with Crippen molar-refractivity contribution in [2.45, 2.75) is 12.5 Å². The van der Waals surface area contributed by atoms with Crippen LogP contribution in [0.3, 0.4) is 0 Å². The van der Waals surface area contributed by atoms with Crippen molar-refractivity contribution < 1.29 is 9.90 Å². The summed E-state index contributed by atoms with van der Waals surface area (Å²) in [4.78, 5) is 14.2. The van der Waals surface area contributed by atoms with Crippen molar-refractivity contribution in [1.82, 2.24) is 4.98 Å². The lowest BCUT2D eigenvalue weighted by Gasteiger charge is -2.06. The highest BCUT2D eigenvalue weighted by Gasteiger charge is 2.16. The van der Waals surface area contributed by atoms with Gasteiger partial charge in [-0.05, 0) is 11.1 Å².